The van der Waals surface area contributed by atoms with Gasteiger partial charge in [0.05, 0.1) is 16.9 Å². The van der Waals surface area contributed by atoms with E-state index in [1.54, 1.807) is 6.07 Å². The highest BCUT2D eigenvalue weighted by atomic mass is 35.5. The minimum Gasteiger partial charge on any atom is -0.404 e. The van der Waals surface area contributed by atoms with Crippen molar-refractivity contribution in [3.63, 3.8) is 0 Å². The van der Waals surface area contributed by atoms with Gasteiger partial charge in [-0.15, -0.1) is 11.3 Å². The molecule has 2 aromatic rings. The molecule has 0 aliphatic rings. The van der Waals surface area contributed by atoms with Gasteiger partial charge in [0.1, 0.15) is 10.7 Å². The van der Waals surface area contributed by atoms with Crippen LogP contribution in [-0.2, 0) is 13.1 Å². The average molecular weight is 273 g/mol. The molecule has 0 spiro atoms. The number of hydrogen-bond donors (Lipinski definition) is 1. The van der Waals surface area contributed by atoms with E-state index in [-0.39, 0.29) is 5.88 Å². The third-order valence-electron chi connectivity index (χ3n) is 2.05. The zero-order chi connectivity index (χ0) is 12.3. The third kappa shape index (κ3) is 3.29. The van der Waals surface area contributed by atoms with Crippen molar-refractivity contribution >= 4 is 28.8 Å². The Morgan fingerprint density at radius 3 is 2.76 bits per heavy atom. The Hall–Kier alpha value is -1.37. The van der Waals surface area contributed by atoms with E-state index < -0.39 is 4.92 Å². The lowest BCUT2D eigenvalue weighted by molar-refractivity contribution is -0.402. The fraction of sp³-hybridized carbons (Fsp3) is 0.200. The summed E-state index contributed by atoms with van der Waals surface area (Å²) in [4.78, 5) is 10.9. The van der Waals surface area contributed by atoms with E-state index in [1.807, 2.05) is 12.1 Å². The lowest BCUT2D eigenvalue weighted by Crippen LogP contribution is -2.10. The molecular formula is C10H9ClN2O3S. The fourth-order valence-corrected chi connectivity index (χ4v) is 2.37. The Morgan fingerprint density at radius 1 is 1.35 bits per heavy atom. The minimum absolute atomic E-state index is 0.235. The number of furan rings is 1. The zero-order valence-electron chi connectivity index (χ0n) is 8.68. The van der Waals surface area contributed by atoms with Crippen molar-refractivity contribution < 1.29 is 9.34 Å². The molecule has 0 aromatic carbocycles. The normalized spacial score (nSPS) is 10.6. The second kappa shape index (κ2) is 5.31. The molecule has 2 heterocycles. The summed E-state index contributed by atoms with van der Waals surface area (Å²) in [6, 6.07) is 6.71. The van der Waals surface area contributed by atoms with Crippen LogP contribution in [0.2, 0.25) is 4.34 Å². The molecule has 0 saturated carbocycles. The topological polar surface area (TPSA) is 68.3 Å². The van der Waals surface area contributed by atoms with E-state index >= 15 is 0 Å². The summed E-state index contributed by atoms with van der Waals surface area (Å²) in [6.07, 6.45) is 0. The monoisotopic (exact) mass is 272 g/mol. The molecule has 0 amide bonds. The van der Waals surface area contributed by atoms with Crippen LogP contribution in [0.15, 0.2) is 28.7 Å². The molecule has 0 aliphatic carbocycles. The molecule has 17 heavy (non-hydrogen) atoms. The summed E-state index contributed by atoms with van der Waals surface area (Å²) in [6.45, 7) is 1.11. The quantitative estimate of drug-likeness (QED) is 0.670. The largest absolute Gasteiger partial charge is 0.433 e. The summed E-state index contributed by atoms with van der Waals surface area (Å²) in [5, 5.41) is 13.5. The number of hydrogen-bond acceptors (Lipinski definition) is 5. The molecule has 90 valence electrons. The van der Waals surface area contributed by atoms with Gasteiger partial charge in [-0.05, 0) is 18.2 Å². The second-order valence-corrected chi connectivity index (χ2v) is 5.11. The van der Waals surface area contributed by atoms with Gasteiger partial charge in [-0.25, -0.2) is 0 Å². The van der Waals surface area contributed by atoms with Crippen molar-refractivity contribution in [1.82, 2.24) is 5.32 Å². The molecule has 1 N–H and O–H groups in total. The highest BCUT2D eigenvalue weighted by molar-refractivity contribution is 7.16. The van der Waals surface area contributed by atoms with E-state index in [9.17, 15) is 10.1 Å². The summed E-state index contributed by atoms with van der Waals surface area (Å²) >= 11 is 7.29. The Morgan fingerprint density at radius 2 is 2.18 bits per heavy atom. The molecule has 0 radical (unpaired) electrons. The molecule has 2 rings (SSSR count). The molecule has 0 aliphatic heterocycles. The van der Waals surface area contributed by atoms with Crippen molar-refractivity contribution in [2.24, 2.45) is 0 Å². The Labute approximate surface area is 106 Å². The molecule has 0 unspecified atom stereocenters. The third-order valence-corrected chi connectivity index (χ3v) is 3.29. The maximum Gasteiger partial charge on any atom is 0.433 e. The number of rotatable bonds is 5. The predicted molar refractivity (Wildman–Crippen MR) is 65.2 cm³/mol. The van der Waals surface area contributed by atoms with Crippen LogP contribution in [0, 0.1) is 10.1 Å². The first kappa shape index (κ1) is 12.1. The van der Waals surface area contributed by atoms with E-state index in [2.05, 4.69) is 5.32 Å². The van der Waals surface area contributed by atoms with E-state index in [4.69, 9.17) is 16.0 Å². The maximum absolute atomic E-state index is 10.4. The van der Waals surface area contributed by atoms with Crippen LogP contribution in [0.4, 0.5) is 5.88 Å². The van der Waals surface area contributed by atoms with E-state index in [1.165, 1.54) is 17.4 Å². The molecular weight excluding hydrogens is 264 g/mol. The van der Waals surface area contributed by atoms with Gasteiger partial charge < -0.3 is 9.73 Å². The van der Waals surface area contributed by atoms with Crippen molar-refractivity contribution in [2.75, 3.05) is 0 Å². The average Bonchev–Trinajstić information content (AvgIpc) is 2.88. The Balaban J connectivity index is 1.83. The number of nitrogens with zero attached hydrogens (tertiary/aromatic N) is 1. The fourth-order valence-electron chi connectivity index (χ4n) is 1.32. The van der Waals surface area contributed by atoms with Gasteiger partial charge in [0, 0.05) is 11.4 Å². The van der Waals surface area contributed by atoms with Gasteiger partial charge >= 0.3 is 5.88 Å². The first-order chi connectivity index (χ1) is 8.15. The van der Waals surface area contributed by atoms with Crippen LogP contribution < -0.4 is 5.32 Å². The van der Waals surface area contributed by atoms with Crippen LogP contribution in [0.1, 0.15) is 10.6 Å². The van der Waals surface area contributed by atoms with Gasteiger partial charge in [-0.2, -0.15) is 0 Å². The van der Waals surface area contributed by atoms with Gasteiger partial charge in [-0.3, -0.25) is 10.1 Å². The SMILES string of the molecule is O=[N+]([O-])c1ccc(CNCc2ccc(Cl)s2)o1. The van der Waals surface area contributed by atoms with Crippen LogP contribution in [0.3, 0.4) is 0 Å². The molecule has 0 fully saturated rings. The molecule has 7 heteroatoms. The molecule has 0 bridgehead atoms. The Bertz CT molecular complexity index is 523. The standard InChI is InChI=1S/C10H9ClN2O3S/c11-9-3-2-8(17-9)6-12-5-7-1-4-10(16-7)13(14)15/h1-4,12H,5-6H2. The number of nitro groups is 1. The van der Waals surface area contributed by atoms with E-state index in [0.29, 0.717) is 18.8 Å². The van der Waals surface area contributed by atoms with Crippen LogP contribution >= 0.6 is 22.9 Å². The number of thiophene rings is 1. The van der Waals surface area contributed by atoms with Gasteiger partial charge in [0.15, 0.2) is 0 Å². The van der Waals surface area contributed by atoms with Gasteiger partial charge in [0.25, 0.3) is 0 Å². The lowest BCUT2D eigenvalue weighted by atomic mass is 10.4. The number of nitrogens with one attached hydrogen (secondary N) is 1. The van der Waals surface area contributed by atoms with Crippen molar-refractivity contribution in [2.45, 2.75) is 13.1 Å². The number of halogens is 1. The van der Waals surface area contributed by atoms with Gasteiger partial charge in [0.2, 0.25) is 0 Å². The molecule has 0 saturated heterocycles. The van der Waals surface area contributed by atoms with Crippen LogP contribution in [0.25, 0.3) is 0 Å². The highest BCUT2D eigenvalue weighted by Crippen LogP contribution is 2.21. The first-order valence-electron chi connectivity index (χ1n) is 4.83. The minimum atomic E-state index is -0.553. The highest BCUT2D eigenvalue weighted by Gasteiger charge is 2.11. The molecule has 5 nitrogen and oxygen atoms in total. The first-order valence-corrected chi connectivity index (χ1v) is 6.02. The lowest BCUT2D eigenvalue weighted by Gasteiger charge is -1.98. The smallest absolute Gasteiger partial charge is 0.404 e. The summed E-state index contributed by atoms with van der Waals surface area (Å²) in [5.74, 6) is 0.306. The predicted octanol–water partition coefficient (Wildman–Crippen LogP) is 3.19. The van der Waals surface area contributed by atoms with Crippen molar-refractivity contribution in [3.8, 4) is 0 Å². The second-order valence-electron chi connectivity index (χ2n) is 3.31. The van der Waals surface area contributed by atoms with Gasteiger partial charge in [-0.1, -0.05) is 11.6 Å². The van der Waals surface area contributed by atoms with E-state index in [0.717, 1.165) is 9.21 Å². The van der Waals surface area contributed by atoms with Crippen molar-refractivity contribution in [3.05, 3.63) is 49.4 Å². The summed E-state index contributed by atoms with van der Waals surface area (Å²) in [5.41, 5.74) is 0. The zero-order valence-corrected chi connectivity index (χ0v) is 10.3. The molecule has 2 aromatic heterocycles. The summed E-state index contributed by atoms with van der Waals surface area (Å²) in [7, 11) is 0. The van der Waals surface area contributed by atoms with Crippen LogP contribution in [-0.4, -0.2) is 4.92 Å². The van der Waals surface area contributed by atoms with Crippen molar-refractivity contribution in [1.29, 1.82) is 0 Å². The Kier molecular flexibility index (Phi) is 3.78. The molecule has 0 atom stereocenters. The maximum atomic E-state index is 10.4. The summed E-state index contributed by atoms with van der Waals surface area (Å²) < 4.78 is 5.75. The van der Waals surface area contributed by atoms with Crippen LogP contribution in [0.5, 0.6) is 0 Å².